The maximum atomic E-state index is 13.5. The number of carbonyl (C=O) groups is 2. The molecular formula is C31H36ClN3O6S. The summed E-state index contributed by atoms with van der Waals surface area (Å²) in [7, 11) is 0. The van der Waals surface area contributed by atoms with Gasteiger partial charge in [0.15, 0.2) is 0 Å². The average molecular weight is 614 g/mol. The maximum Gasteiger partial charge on any atom is 0.408 e. The predicted molar refractivity (Wildman–Crippen MR) is 163 cm³/mol. The normalized spacial score (nSPS) is 14.7. The number of esters is 1. The Kier molecular flexibility index (Phi) is 9.57. The molecular weight excluding hydrogens is 578 g/mol. The SMILES string of the molecule is CCc1cc(-n2cnc3c(c2=O)SC(c2ccc(Cl)cc2)C3)ccc1OCC(C)(C)OC(=O)CNC(=O)OC(C)(C)C. The summed E-state index contributed by atoms with van der Waals surface area (Å²) in [5.74, 6) is 0.0109. The maximum absolute atomic E-state index is 13.5. The second-order valence-corrected chi connectivity index (χ2v) is 13.2. The molecule has 0 saturated heterocycles. The second kappa shape index (κ2) is 12.8. The molecule has 0 radical (unpaired) electrons. The smallest absolute Gasteiger partial charge is 0.408 e. The van der Waals surface area contributed by atoms with E-state index in [1.807, 2.05) is 43.3 Å². The summed E-state index contributed by atoms with van der Waals surface area (Å²) in [6.45, 7) is 10.4. The van der Waals surface area contributed by atoms with Gasteiger partial charge in [0, 0.05) is 16.7 Å². The molecule has 1 aliphatic rings. The third-order valence-corrected chi connectivity index (χ3v) is 7.95. The van der Waals surface area contributed by atoms with Crippen molar-refractivity contribution in [2.24, 2.45) is 0 Å². The lowest BCUT2D eigenvalue weighted by Gasteiger charge is -2.26. The van der Waals surface area contributed by atoms with Crippen LogP contribution in [0.1, 0.15) is 63.6 Å². The minimum atomic E-state index is -0.963. The number of hydrogen-bond donors (Lipinski definition) is 1. The topological polar surface area (TPSA) is 109 Å². The number of ether oxygens (including phenoxy) is 3. The highest BCUT2D eigenvalue weighted by Gasteiger charge is 2.29. The number of amides is 1. The first-order chi connectivity index (χ1) is 19.7. The van der Waals surface area contributed by atoms with Crippen molar-refractivity contribution in [3.8, 4) is 11.4 Å². The predicted octanol–water partition coefficient (Wildman–Crippen LogP) is 6.06. The molecule has 9 nitrogen and oxygen atoms in total. The number of nitrogens with one attached hydrogen (secondary N) is 1. The van der Waals surface area contributed by atoms with Gasteiger partial charge in [0.05, 0.1) is 16.3 Å². The summed E-state index contributed by atoms with van der Waals surface area (Å²) in [5, 5.41) is 3.18. The van der Waals surface area contributed by atoms with E-state index in [1.165, 1.54) is 11.8 Å². The number of hydrogen-bond acceptors (Lipinski definition) is 8. The van der Waals surface area contributed by atoms with Gasteiger partial charge in [-0.25, -0.2) is 9.78 Å². The first-order valence-electron chi connectivity index (χ1n) is 13.7. The number of thioether (sulfide) groups is 1. The van der Waals surface area contributed by atoms with Crippen molar-refractivity contribution >= 4 is 35.4 Å². The number of fused-ring (bicyclic) bond motifs is 1. The quantitative estimate of drug-likeness (QED) is 0.290. The van der Waals surface area contributed by atoms with E-state index in [1.54, 1.807) is 51.6 Å². The summed E-state index contributed by atoms with van der Waals surface area (Å²) >= 11 is 7.57. The van der Waals surface area contributed by atoms with E-state index in [-0.39, 0.29) is 24.0 Å². The number of aryl methyl sites for hydroxylation is 1. The van der Waals surface area contributed by atoms with E-state index in [4.69, 9.17) is 25.8 Å². The first-order valence-corrected chi connectivity index (χ1v) is 15.0. The number of aromatic nitrogens is 2. The lowest BCUT2D eigenvalue weighted by molar-refractivity contribution is -0.157. The van der Waals surface area contributed by atoms with E-state index in [0.29, 0.717) is 34.2 Å². The molecule has 1 atom stereocenters. The zero-order valence-electron chi connectivity index (χ0n) is 24.7. The Labute approximate surface area is 254 Å². The number of nitrogens with zero attached hydrogens (tertiary/aromatic N) is 2. The molecule has 2 heterocycles. The van der Waals surface area contributed by atoms with Crippen molar-refractivity contribution in [1.29, 1.82) is 0 Å². The second-order valence-electron chi connectivity index (χ2n) is 11.6. The monoisotopic (exact) mass is 613 g/mol. The minimum absolute atomic E-state index is 0.0839. The highest BCUT2D eigenvalue weighted by Crippen LogP contribution is 2.44. The largest absolute Gasteiger partial charge is 0.489 e. The Bertz CT molecular complexity index is 1510. The fourth-order valence-corrected chi connectivity index (χ4v) is 5.77. The van der Waals surface area contributed by atoms with Gasteiger partial charge < -0.3 is 19.5 Å². The van der Waals surface area contributed by atoms with Gasteiger partial charge in [0.2, 0.25) is 0 Å². The lowest BCUT2D eigenvalue weighted by atomic mass is 10.1. The van der Waals surface area contributed by atoms with Crippen LogP contribution in [0.3, 0.4) is 0 Å². The van der Waals surface area contributed by atoms with Crippen molar-refractivity contribution < 1.29 is 23.8 Å². The minimum Gasteiger partial charge on any atom is -0.489 e. The van der Waals surface area contributed by atoms with Gasteiger partial charge in [-0.15, -0.1) is 11.8 Å². The van der Waals surface area contributed by atoms with Crippen LogP contribution in [-0.2, 0) is 27.1 Å². The van der Waals surface area contributed by atoms with Crippen molar-refractivity contribution in [1.82, 2.24) is 14.9 Å². The average Bonchev–Trinajstić information content (AvgIpc) is 3.36. The van der Waals surface area contributed by atoms with Crippen LogP contribution in [0.2, 0.25) is 5.02 Å². The molecule has 0 bridgehead atoms. The van der Waals surface area contributed by atoms with Crippen LogP contribution in [0.4, 0.5) is 4.79 Å². The molecule has 1 unspecified atom stereocenters. The molecule has 0 fully saturated rings. The molecule has 11 heteroatoms. The highest BCUT2D eigenvalue weighted by atomic mass is 35.5. The number of benzene rings is 2. The third-order valence-electron chi connectivity index (χ3n) is 6.33. The van der Waals surface area contributed by atoms with Crippen LogP contribution in [0.5, 0.6) is 5.75 Å². The molecule has 0 saturated carbocycles. The van der Waals surface area contributed by atoms with E-state index in [9.17, 15) is 14.4 Å². The Balaban J connectivity index is 1.40. The number of halogens is 1. The lowest BCUT2D eigenvalue weighted by Crippen LogP contribution is -2.40. The van der Waals surface area contributed by atoms with Crippen LogP contribution in [0.25, 0.3) is 5.69 Å². The summed E-state index contributed by atoms with van der Waals surface area (Å²) in [4.78, 5) is 42.8. The molecule has 1 N–H and O–H groups in total. The standard InChI is InChI=1S/C31H36ClN3O6S/c1-7-19-14-22(35-18-34-23-15-25(42-27(23)28(35)37)20-8-10-21(32)11-9-20)12-13-24(19)39-17-31(5,6)40-26(36)16-33-29(38)41-30(2,3)4/h8-14,18,25H,7,15-17H2,1-6H3,(H,33,38). The molecule has 2 aromatic carbocycles. The van der Waals surface area contributed by atoms with E-state index >= 15 is 0 Å². The summed E-state index contributed by atoms with van der Waals surface area (Å²) in [5.41, 5.74) is 1.75. The number of rotatable bonds is 9. The highest BCUT2D eigenvalue weighted by molar-refractivity contribution is 7.99. The van der Waals surface area contributed by atoms with Gasteiger partial charge in [0.25, 0.3) is 5.56 Å². The molecule has 3 aromatic rings. The van der Waals surface area contributed by atoms with E-state index < -0.39 is 23.3 Å². The zero-order valence-corrected chi connectivity index (χ0v) is 26.2. The molecule has 1 aromatic heterocycles. The van der Waals surface area contributed by atoms with Crippen LogP contribution < -0.4 is 15.6 Å². The summed E-state index contributed by atoms with van der Waals surface area (Å²) in [6, 6.07) is 13.2. The molecule has 4 rings (SSSR count). The fourth-order valence-electron chi connectivity index (χ4n) is 4.36. The van der Waals surface area contributed by atoms with Gasteiger partial charge in [-0.05, 0) is 82.5 Å². The van der Waals surface area contributed by atoms with Gasteiger partial charge in [-0.3, -0.25) is 14.2 Å². The Morgan fingerprint density at radius 2 is 1.81 bits per heavy atom. The van der Waals surface area contributed by atoms with E-state index in [0.717, 1.165) is 16.8 Å². The Morgan fingerprint density at radius 3 is 2.48 bits per heavy atom. The molecule has 42 heavy (non-hydrogen) atoms. The molecule has 0 aliphatic carbocycles. The van der Waals surface area contributed by atoms with Crippen LogP contribution in [-0.4, -0.2) is 46.0 Å². The number of carbonyl (C=O) groups excluding carboxylic acids is 2. The van der Waals surface area contributed by atoms with E-state index in [2.05, 4.69) is 10.3 Å². The molecule has 1 aliphatic heterocycles. The summed E-state index contributed by atoms with van der Waals surface area (Å²) < 4.78 is 18.3. The number of alkyl carbamates (subject to hydrolysis) is 1. The van der Waals surface area contributed by atoms with Crippen molar-refractivity contribution in [3.05, 3.63) is 81.0 Å². The van der Waals surface area contributed by atoms with Gasteiger partial charge >= 0.3 is 12.1 Å². The molecule has 0 spiro atoms. The first kappa shape index (κ1) is 31.4. The van der Waals surface area contributed by atoms with Crippen LogP contribution >= 0.6 is 23.4 Å². The van der Waals surface area contributed by atoms with Crippen molar-refractivity contribution in [2.45, 2.75) is 75.7 Å². The van der Waals surface area contributed by atoms with Crippen molar-refractivity contribution in [3.63, 3.8) is 0 Å². The third kappa shape index (κ3) is 8.07. The molecule has 1 amide bonds. The van der Waals surface area contributed by atoms with Crippen LogP contribution in [0.15, 0.2) is 58.5 Å². The Morgan fingerprint density at radius 1 is 1.10 bits per heavy atom. The van der Waals surface area contributed by atoms with Crippen LogP contribution in [0, 0.1) is 0 Å². The van der Waals surface area contributed by atoms with Gasteiger partial charge in [-0.2, -0.15) is 0 Å². The molecule has 224 valence electrons. The zero-order chi connectivity index (χ0) is 30.7. The van der Waals surface area contributed by atoms with Gasteiger partial charge in [-0.1, -0.05) is 30.7 Å². The fraction of sp³-hybridized carbons (Fsp3) is 0.419. The summed E-state index contributed by atoms with van der Waals surface area (Å²) in [6.07, 6.45) is 2.22. The van der Waals surface area contributed by atoms with Crippen molar-refractivity contribution in [2.75, 3.05) is 13.2 Å². The van der Waals surface area contributed by atoms with Gasteiger partial charge in [0.1, 0.15) is 36.4 Å². The Hall–Kier alpha value is -3.50.